The average molecular weight is 435 g/mol. The van der Waals surface area contributed by atoms with Crippen molar-refractivity contribution in [2.75, 3.05) is 13.2 Å². The van der Waals surface area contributed by atoms with Crippen molar-refractivity contribution in [3.63, 3.8) is 0 Å². The molecular formula is C24H38O5Si. The van der Waals surface area contributed by atoms with E-state index in [9.17, 15) is 5.11 Å². The van der Waals surface area contributed by atoms with Gasteiger partial charge in [0.05, 0.1) is 25.4 Å². The minimum Gasteiger partial charge on any atom is -0.411 e. The van der Waals surface area contributed by atoms with Gasteiger partial charge in [0.1, 0.15) is 11.2 Å². The first kappa shape index (κ1) is 23.6. The number of rotatable bonds is 5. The Balaban J connectivity index is 1.88. The first-order valence-corrected chi connectivity index (χ1v) is 13.8. The minimum absolute atomic E-state index is 0.0328. The Morgan fingerprint density at radius 3 is 2.47 bits per heavy atom. The summed E-state index contributed by atoms with van der Waals surface area (Å²) >= 11 is 0. The molecule has 2 fully saturated rings. The summed E-state index contributed by atoms with van der Waals surface area (Å²) in [6, 6.07) is 10.0. The third-order valence-electron chi connectivity index (χ3n) is 6.88. The lowest BCUT2D eigenvalue weighted by Gasteiger charge is -2.56. The molecule has 0 aliphatic carbocycles. The van der Waals surface area contributed by atoms with Crippen LogP contribution < -0.4 is 0 Å². The van der Waals surface area contributed by atoms with E-state index in [0.29, 0.717) is 13.0 Å². The zero-order valence-corrected chi connectivity index (χ0v) is 20.5. The van der Waals surface area contributed by atoms with Crippen LogP contribution in [0, 0.1) is 0 Å². The van der Waals surface area contributed by atoms with E-state index in [1.807, 2.05) is 50.3 Å². The van der Waals surface area contributed by atoms with E-state index in [1.54, 1.807) is 6.08 Å². The van der Waals surface area contributed by atoms with Crippen molar-refractivity contribution in [1.29, 1.82) is 0 Å². The largest absolute Gasteiger partial charge is 0.411 e. The van der Waals surface area contributed by atoms with E-state index in [-0.39, 0.29) is 23.9 Å². The smallest absolute Gasteiger partial charge is 0.192 e. The lowest BCUT2D eigenvalue weighted by molar-refractivity contribution is -0.347. The molecule has 1 N–H and O–H groups in total. The van der Waals surface area contributed by atoms with Crippen molar-refractivity contribution < 1.29 is 23.7 Å². The highest BCUT2D eigenvalue weighted by Crippen LogP contribution is 2.47. The average Bonchev–Trinajstić information content (AvgIpc) is 2.66. The van der Waals surface area contributed by atoms with Gasteiger partial charge in [0.25, 0.3) is 0 Å². The molecular weight excluding hydrogens is 396 g/mol. The fraction of sp³-hybridized carbons (Fsp3) is 0.667. The summed E-state index contributed by atoms with van der Waals surface area (Å²) in [4.78, 5) is 0. The van der Waals surface area contributed by atoms with Crippen LogP contribution in [0.1, 0.15) is 52.9 Å². The number of fused-ring (bicyclic) bond motifs is 1. The molecule has 1 aromatic rings. The summed E-state index contributed by atoms with van der Waals surface area (Å²) in [5.74, 6) is 0. The van der Waals surface area contributed by atoms with Gasteiger partial charge in [-0.1, -0.05) is 63.3 Å². The molecule has 1 aromatic carbocycles. The molecule has 5 atom stereocenters. The summed E-state index contributed by atoms with van der Waals surface area (Å²) < 4.78 is 26.0. The maximum Gasteiger partial charge on any atom is 0.192 e. The highest BCUT2D eigenvalue weighted by molar-refractivity contribution is 6.74. The van der Waals surface area contributed by atoms with Crippen LogP contribution in [0.25, 0.3) is 0 Å². The molecule has 2 saturated heterocycles. The Hall–Kier alpha value is -1.02. The molecule has 0 bridgehead atoms. The van der Waals surface area contributed by atoms with E-state index in [4.69, 9.17) is 18.6 Å². The minimum atomic E-state index is -2.05. The van der Waals surface area contributed by atoms with Crippen LogP contribution in [-0.2, 0) is 18.6 Å². The van der Waals surface area contributed by atoms with Crippen molar-refractivity contribution in [3.8, 4) is 0 Å². The molecule has 0 spiro atoms. The van der Waals surface area contributed by atoms with Gasteiger partial charge in [0.15, 0.2) is 14.6 Å². The number of benzene rings is 1. The van der Waals surface area contributed by atoms with Gasteiger partial charge in [-0.2, -0.15) is 0 Å². The van der Waals surface area contributed by atoms with E-state index < -0.39 is 25.8 Å². The maximum absolute atomic E-state index is 9.39. The molecule has 2 aliphatic heterocycles. The zero-order chi connectivity index (χ0) is 22.2. The van der Waals surface area contributed by atoms with Crippen molar-refractivity contribution >= 4 is 8.32 Å². The molecule has 0 unspecified atom stereocenters. The Bertz CT molecular complexity index is 744. The van der Waals surface area contributed by atoms with Crippen LogP contribution in [0.3, 0.4) is 0 Å². The SMILES string of the molecule is CC(C)(C)[Si](C)(C)O[C@@H]1C[C@@H]2O[C@H](c3ccccc3)OC[C@@]2(C)O[C@@]1(C)/C=C/CO. The Kier molecular flexibility index (Phi) is 6.69. The van der Waals surface area contributed by atoms with Crippen LogP contribution in [0.2, 0.25) is 18.1 Å². The molecule has 168 valence electrons. The second-order valence-corrected chi connectivity index (χ2v) is 15.2. The number of hydrogen-bond donors (Lipinski definition) is 1. The highest BCUT2D eigenvalue weighted by Gasteiger charge is 2.56. The molecule has 0 saturated carbocycles. The summed E-state index contributed by atoms with van der Waals surface area (Å²) in [5.41, 5.74) is -0.252. The van der Waals surface area contributed by atoms with Gasteiger partial charge in [-0.15, -0.1) is 0 Å². The predicted molar refractivity (Wildman–Crippen MR) is 121 cm³/mol. The first-order valence-electron chi connectivity index (χ1n) is 10.9. The van der Waals surface area contributed by atoms with Gasteiger partial charge in [0, 0.05) is 12.0 Å². The lowest BCUT2D eigenvalue weighted by Crippen LogP contribution is -2.66. The van der Waals surface area contributed by atoms with Gasteiger partial charge in [-0.3, -0.25) is 0 Å². The van der Waals surface area contributed by atoms with E-state index >= 15 is 0 Å². The first-order chi connectivity index (χ1) is 13.9. The predicted octanol–water partition coefficient (Wildman–Crippen LogP) is 4.98. The summed E-state index contributed by atoms with van der Waals surface area (Å²) in [7, 11) is -2.05. The summed E-state index contributed by atoms with van der Waals surface area (Å²) in [6.07, 6.45) is 3.66. The second kappa shape index (κ2) is 8.49. The van der Waals surface area contributed by atoms with Crippen LogP contribution in [0.5, 0.6) is 0 Å². The maximum atomic E-state index is 9.39. The van der Waals surface area contributed by atoms with E-state index in [0.717, 1.165) is 5.56 Å². The molecule has 5 nitrogen and oxygen atoms in total. The van der Waals surface area contributed by atoms with Crippen LogP contribution in [-0.4, -0.2) is 50.0 Å². The molecule has 2 aliphatic rings. The van der Waals surface area contributed by atoms with Gasteiger partial charge in [0.2, 0.25) is 0 Å². The van der Waals surface area contributed by atoms with Crippen LogP contribution in [0.15, 0.2) is 42.5 Å². The normalized spacial score (nSPS) is 35.4. The third-order valence-corrected chi connectivity index (χ3v) is 11.4. The fourth-order valence-electron chi connectivity index (χ4n) is 3.97. The molecule has 6 heteroatoms. The molecule has 30 heavy (non-hydrogen) atoms. The zero-order valence-electron chi connectivity index (χ0n) is 19.5. The monoisotopic (exact) mass is 434 g/mol. The Labute approximate surface area is 182 Å². The highest BCUT2D eigenvalue weighted by atomic mass is 28.4. The molecule has 3 rings (SSSR count). The van der Waals surface area contributed by atoms with E-state index in [2.05, 4.69) is 33.9 Å². The lowest BCUT2D eigenvalue weighted by atomic mass is 9.82. The molecule has 0 aromatic heterocycles. The number of hydrogen-bond acceptors (Lipinski definition) is 5. The van der Waals surface area contributed by atoms with Crippen LogP contribution in [0.4, 0.5) is 0 Å². The Morgan fingerprint density at radius 1 is 1.20 bits per heavy atom. The second-order valence-electron chi connectivity index (χ2n) is 10.5. The molecule has 0 amide bonds. The number of aliphatic hydroxyl groups is 1. The number of ether oxygens (including phenoxy) is 3. The fourth-order valence-corrected chi connectivity index (χ4v) is 5.37. The van der Waals surface area contributed by atoms with E-state index in [1.165, 1.54) is 0 Å². The number of aliphatic hydroxyl groups excluding tert-OH is 1. The van der Waals surface area contributed by atoms with Crippen molar-refractivity contribution in [2.45, 2.75) is 88.9 Å². The standard InChI is InChI=1S/C24H38O5Si/c1-22(2,3)30(6,7)28-20-16-19-24(5,29-23(20,4)14-11-15-25)17-26-21(27-19)18-12-9-8-10-13-18/h8-14,19-21,25H,15-17H2,1-7H3/b14-11+/t19-,20+,21+,23-,24+/m0/s1. The van der Waals surface area contributed by atoms with Gasteiger partial charge in [-0.05, 0) is 32.0 Å². The quantitative estimate of drug-likeness (QED) is 0.523. The summed E-state index contributed by atoms with van der Waals surface area (Å²) in [5, 5.41) is 9.47. The van der Waals surface area contributed by atoms with Gasteiger partial charge < -0.3 is 23.7 Å². The molecule has 0 radical (unpaired) electrons. The topological polar surface area (TPSA) is 57.2 Å². The van der Waals surface area contributed by atoms with Gasteiger partial charge in [-0.25, -0.2) is 0 Å². The van der Waals surface area contributed by atoms with Crippen molar-refractivity contribution in [3.05, 3.63) is 48.0 Å². The Morgan fingerprint density at radius 2 is 1.87 bits per heavy atom. The molecule has 2 heterocycles. The summed E-state index contributed by atoms with van der Waals surface area (Å²) in [6.45, 7) is 15.7. The van der Waals surface area contributed by atoms with Crippen LogP contribution >= 0.6 is 0 Å². The third kappa shape index (κ3) is 4.74. The van der Waals surface area contributed by atoms with Crippen molar-refractivity contribution in [2.24, 2.45) is 0 Å². The van der Waals surface area contributed by atoms with Crippen molar-refractivity contribution in [1.82, 2.24) is 0 Å². The van der Waals surface area contributed by atoms with Gasteiger partial charge >= 0.3 is 0 Å².